The average molecular weight is 284 g/mol. The van der Waals surface area contributed by atoms with Gasteiger partial charge in [0.05, 0.1) is 11.7 Å². The molecule has 0 aromatic rings. The third-order valence-electron chi connectivity index (χ3n) is 3.66. The van der Waals surface area contributed by atoms with Gasteiger partial charge >= 0.3 is 0 Å². The third kappa shape index (κ3) is 3.83. The number of nitrogens with two attached hydrogens (primary N) is 1. The fourth-order valence-corrected chi connectivity index (χ4v) is 2.53. The highest BCUT2D eigenvalue weighted by atomic mass is 15.3. The van der Waals surface area contributed by atoms with Gasteiger partial charge in [-0.05, 0) is 32.3 Å². The van der Waals surface area contributed by atoms with E-state index in [1.807, 2.05) is 19.1 Å². The Morgan fingerprint density at radius 2 is 1.90 bits per heavy atom. The lowest BCUT2D eigenvalue weighted by Crippen LogP contribution is -2.42. The molecule has 1 fully saturated rings. The standard InChI is InChI=1S/C15H20N6/c1-11(13(8-17)9-18)14(10-19)12(2)21-7-3-4-15(21)20-6-5-16/h15,20H,3-7,16H2,1-2H3/b14-12+. The van der Waals surface area contributed by atoms with E-state index in [1.165, 1.54) is 0 Å². The summed E-state index contributed by atoms with van der Waals surface area (Å²) in [6, 6.07) is 5.81. The summed E-state index contributed by atoms with van der Waals surface area (Å²) in [4.78, 5) is 2.12. The van der Waals surface area contributed by atoms with Gasteiger partial charge in [0.15, 0.2) is 0 Å². The number of nitrogens with one attached hydrogen (secondary N) is 1. The van der Waals surface area contributed by atoms with E-state index in [0.29, 0.717) is 24.2 Å². The van der Waals surface area contributed by atoms with Gasteiger partial charge in [0.1, 0.15) is 23.8 Å². The van der Waals surface area contributed by atoms with Crippen LogP contribution in [0, 0.1) is 34.0 Å². The van der Waals surface area contributed by atoms with Crippen molar-refractivity contribution in [3.05, 3.63) is 22.4 Å². The zero-order valence-electron chi connectivity index (χ0n) is 12.5. The first kappa shape index (κ1) is 16.7. The van der Waals surface area contributed by atoms with Gasteiger partial charge in [0.25, 0.3) is 0 Å². The molecule has 6 nitrogen and oxygen atoms in total. The lowest BCUT2D eigenvalue weighted by molar-refractivity contribution is 0.275. The first-order valence-electron chi connectivity index (χ1n) is 6.93. The minimum atomic E-state index is -0.0171. The molecule has 0 aromatic carbocycles. The molecule has 0 saturated carbocycles. The lowest BCUT2D eigenvalue weighted by atomic mass is 10.0. The van der Waals surface area contributed by atoms with E-state index in [-0.39, 0.29) is 11.7 Å². The van der Waals surface area contributed by atoms with E-state index in [1.54, 1.807) is 6.92 Å². The zero-order valence-corrected chi connectivity index (χ0v) is 12.5. The molecule has 0 bridgehead atoms. The minimum absolute atomic E-state index is 0.0171. The third-order valence-corrected chi connectivity index (χ3v) is 3.66. The molecule has 1 atom stereocenters. The highest BCUT2D eigenvalue weighted by Crippen LogP contribution is 2.26. The van der Waals surface area contributed by atoms with Crippen molar-refractivity contribution in [3.8, 4) is 18.2 Å². The predicted octanol–water partition coefficient (Wildman–Crippen LogP) is 1.12. The fraction of sp³-hybridized carbons (Fsp3) is 0.533. The molecule has 1 aliphatic rings. The smallest absolute Gasteiger partial charge is 0.133 e. The number of hydrogen-bond acceptors (Lipinski definition) is 6. The van der Waals surface area contributed by atoms with Crippen LogP contribution in [0.4, 0.5) is 0 Å². The molecule has 110 valence electrons. The molecule has 0 amide bonds. The molecule has 0 spiro atoms. The van der Waals surface area contributed by atoms with Crippen LogP contribution in [0.1, 0.15) is 26.7 Å². The maximum absolute atomic E-state index is 9.40. The summed E-state index contributed by atoms with van der Waals surface area (Å²) in [6.45, 7) is 5.62. The van der Waals surface area contributed by atoms with Crippen molar-refractivity contribution in [2.75, 3.05) is 19.6 Å². The Morgan fingerprint density at radius 1 is 1.24 bits per heavy atom. The number of rotatable bonds is 5. The molecule has 1 rings (SSSR count). The van der Waals surface area contributed by atoms with Crippen molar-refractivity contribution in [3.63, 3.8) is 0 Å². The summed E-state index contributed by atoms with van der Waals surface area (Å²) in [7, 11) is 0. The number of likely N-dealkylation sites (tertiary alicyclic amines) is 1. The van der Waals surface area contributed by atoms with Gasteiger partial charge in [-0.25, -0.2) is 0 Å². The molecule has 1 saturated heterocycles. The molecule has 0 radical (unpaired) electrons. The number of hydrogen-bond donors (Lipinski definition) is 2. The van der Waals surface area contributed by atoms with Gasteiger partial charge in [-0.1, -0.05) is 0 Å². The van der Waals surface area contributed by atoms with Gasteiger partial charge < -0.3 is 10.6 Å². The summed E-state index contributed by atoms with van der Waals surface area (Å²) < 4.78 is 0. The van der Waals surface area contributed by atoms with Gasteiger partial charge in [-0.15, -0.1) is 0 Å². The number of allylic oxidation sites excluding steroid dienone is 4. The first-order chi connectivity index (χ1) is 10.1. The molecule has 3 N–H and O–H groups in total. The average Bonchev–Trinajstić information content (AvgIpc) is 2.95. The first-order valence-corrected chi connectivity index (χ1v) is 6.93. The van der Waals surface area contributed by atoms with Crippen LogP contribution in [0.3, 0.4) is 0 Å². The quantitative estimate of drug-likeness (QED) is 0.577. The molecular weight excluding hydrogens is 264 g/mol. The largest absolute Gasteiger partial charge is 0.358 e. The molecule has 0 aliphatic carbocycles. The summed E-state index contributed by atoms with van der Waals surface area (Å²) >= 11 is 0. The zero-order chi connectivity index (χ0) is 15.8. The molecule has 1 heterocycles. The highest BCUT2D eigenvalue weighted by Gasteiger charge is 2.26. The van der Waals surface area contributed by atoms with Gasteiger partial charge in [0, 0.05) is 25.3 Å². The second-order valence-corrected chi connectivity index (χ2v) is 4.89. The Morgan fingerprint density at radius 3 is 2.43 bits per heavy atom. The predicted molar refractivity (Wildman–Crippen MR) is 79.0 cm³/mol. The van der Waals surface area contributed by atoms with Crippen molar-refractivity contribution in [2.45, 2.75) is 32.9 Å². The maximum Gasteiger partial charge on any atom is 0.133 e. The van der Waals surface area contributed by atoms with E-state index in [4.69, 9.17) is 16.3 Å². The van der Waals surface area contributed by atoms with Gasteiger partial charge in [-0.3, -0.25) is 5.32 Å². The van der Waals surface area contributed by atoms with Crippen LogP contribution < -0.4 is 11.1 Å². The van der Waals surface area contributed by atoms with Crippen LogP contribution in [0.2, 0.25) is 0 Å². The molecular formula is C15H20N6. The highest BCUT2D eigenvalue weighted by molar-refractivity contribution is 5.54. The normalized spacial score (nSPS) is 18.3. The monoisotopic (exact) mass is 284 g/mol. The van der Waals surface area contributed by atoms with Crippen molar-refractivity contribution in [2.24, 2.45) is 5.73 Å². The van der Waals surface area contributed by atoms with Gasteiger partial charge in [0.2, 0.25) is 0 Å². The van der Waals surface area contributed by atoms with Crippen LogP contribution in [0.25, 0.3) is 0 Å². The molecule has 0 aromatic heterocycles. The van der Waals surface area contributed by atoms with Crippen molar-refractivity contribution in [1.29, 1.82) is 15.8 Å². The summed E-state index contributed by atoms with van der Waals surface area (Å²) in [5, 5.41) is 30.7. The second-order valence-electron chi connectivity index (χ2n) is 4.89. The Labute approximate surface area is 125 Å². The minimum Gasteiger partial charge on any atom is -0.358 e. The molecule has 6 heteroatoms. The molecule has 1 aliphatic heterocycles. The number of nitrogens with zero attached hydrogens (tertiary/aromatic N) is 4. The van der Waals surface area contributed by atoms with E-state index in [0.717, 1.165) is 25.1 Å². The van der Waals surface area contributed by atoms with Crippen molar-refractivity contribution >= 4 is 0 Å². The SMILES string of the molecule is CC(=C(C#N)C#N)/C(C#N)=C(\C)N1CCCC1NCCN. The van der Waals surface area contributed by atoms with Crippen LogP contribution in [-0.4, -0.2) is 30.7 Å². The molecule has 1 unspecified atom stereocenters. The Hall–Kier alpha value is -2.33. The second kappa shape index (κ2) is 8.07. The maximum atomic E-state index is 9.40. The van der Waals surface area contributed by atoms with Crippen LogP contribution in [0.15, 0.2) is 22.4 Å². The van der Waals surface area contributed by atoms with E-state index < -0.39 is 0 Å². The number of nitriles is 3. The Kier molecular flexibility index (Phi) is 6.43. The van der Waals surface area contributed by atoms with Crippen LogP contribution in [0.5, 0.6) is 0 Å². The fourth-order valence-electron chi connectivity index (χ4n) is 2.53. The Balaban J connectivity index is 3.15. The van der Waals surface area contributed by atoms with Crippen molar-refractivity contribution < 1.29 is 0 Å². The topological polar surface area (TPSA) is 113 Å². The lowest BCUT2D eigenvalue weighted by Gasteiger charge is -2.29. The van der Waals surface area contributed by atoms with Gasteiger partial charge in [-0.2, -0.15) is 15.8 Å². The van der Waals surface area contributed by atoms with Crippen LogP contribution >= 0.6 is 0 Å². The van der Waals surface area contributed by atoms with Crippen LogP contribution in [-0.2, 0) is 0 Å². The van der Waals surface area contributed by atoms with E-state index in [9.17, 15) is 5.26 Å². The van der Waals surface area contributed by atoms with E-state index >= 15 is 0 Å². The van der Waals surface area contributed by atoms with Crippen molar-refractivity contribution in [1.82, 2.24) is 10.2 Å². The molecule has 21 heavy (non-hydrogen) atoms. The summed E-state index contributed by atoms with van der Waals surface area (Å²) in [5.41, 5.74) is 7.12. The van der Waals surface area contributed by atoms with E-state index in [2.05, 4.69) is 16.3 Å². The summed E-state index contributed by atoms with van der Waals surface area (Å²) in [6.07, 6.45) is 2.17. The Bertz CT molecular complexity index is 550. The summed E-state index contributed by atoms with van der Waals surface area (Å²) in [5.74, 6) is 0.